The lowest BCUT2D eigenvalue weighted by Gasteiger charge is -2.06. The quantitative estimate of drug-likeness (QED) is 0.551. The summed E-state index contributed by atoms with van der Waals surface area (Å²) in [4.78, 5) is 0. The number of benzene rings is 2. The molecule has 0 N–H and O–H groups in total. The Morgan fingerprint density at radius 1 is 1.00 bits per heavy atom. The Morgan fingerprint density at radius 3 is 2.58 bits per heavy atom. The smallest absolute Gasteiger partial charge is 0.0595 e. The van der Waals surface area contributed by atoms with Crippen molar-refractivity contribution >= 4 is 50.0 Å². The molecule has 96 valence electrons. The first-order valence-electron chi connectivity index (χ1n) is 5.82. The fourth-order valence-corrected chi connectivity index (χ4v) is 3.07. The van der Waals surface area contributed by atoms with E-state index >= 15 is 0 Å². The first-order valence-corrected chi connectivity index (χ1v) is 7.37. The SMILES string of the molecule is Clc1ccc(Cn2cc(Br)c3ccccc32)cc1Cl. The van der Waals surface area contributed by atoms with Crippen molar-refractivity contribution in [3.63, 3.8) is 0 Å². The van der Waals surface area contributed by atoms with Crippen molar-refractivity contribution in [2.75, 3.05) is 0 Å². The van der Waals surface area contributed by atoms with Crippen LogP contribution in [0.5, 0.6) is 0 Å². The largest absolute Gasteiger partial charge is 0.342 e. The number of hydrogen-bond acceptors (Lipinski definition) is 0. The van der Waals surface area contributed by atoms with Gasteiger partial charge in [-0.3, -0.25) is 0 Å². The highest BCUT2D eigenvalue weighted by atomic mass is 79.9. The van der Waals surface area contributed by atoms with Gasteiger partial charge in [0, 0.05) is 28.1 Å². The van der Waals surface area contributed by atoms with Crippen LogP contribution < -0.4 is 0 Å². The summed E-state index contributed by atoms with van der Waals surface area (Å²) in [6.07, 6.45) is 2.09. The zero-order valence-electron chi connectivity index (χ0n) is 9.91. The van der Waals surface area contributed by atoms with E-state index in [1.165, 1.54) is 10.9 Å². The van der Waals surface area contributed by atoms with E-state index in [0.717, 1.165) is 16.6 Å². The fourth-order valence-electron chi connectivity index (χ4n) is 2.17. The van der Waals surface area contributed by atoms with Crippen molar-refractivity contribution in [2.24, 2.45) is 0 Å². The number of rotatable bonds is 2. The van der Waals surface area contributed by atoms with Crippen LogP contribution >= 0.6 is 39.1 Å². The Labute approximate surface area is 129 Å². The second-order valence-corrected chi connectivity index (χ2v) is 6.04. The van der Waals surface area contributed by atoms with Crippen LogP contribution in [0.2, 0.25) is 10.0 Å². The van der Waals surface area contributed by atoms with Gasteiger partial charge in [0.15, 0.2) is 0 Å². The first-order chi connectivity index (χ1) is 9.15. The number of aromatic nitrogens is 1. The van der Waals surface area contributed by atoms with Gasteiger partial charge >= 0.3 is 0 Å². The maximum atomic E-state index is 6.05. The van der Waals surface area contributed by atoms with Crippen LogP contribution in [0.25, 0.3) is 10.9 Å². The fraction of sp³-hybridized carbons (Fsp3) is 0.0667. The van der Waals surface area contributed by atoms with Gasteiger partial charge in [-0.15, -0.1) is 0 Å². The molecule has 0 bridgehead atoms. The molecule has 3 aromatic rings. The van der Waals surface area contributed by atoms with E-state index in [4.69, 9.17) is 23.2 Å². The normalized spacial score (nSPS) is 11.1. The van der Waals surface area contributed by atoms with Gasteiger partial charge in [-0.2, -0.15) is 0 Å². The molecular weight excluding hydrogens is 345 g/mol. The van der Waals surface area contributed by atoms with E-state index in [-0.39, 0.29) is 0 Å². The molecule has 0 aliphatic carbocycles. The van der Waals surface area contributed by atoms with Crippen LogP contribution in [0, 0.1) is 0 Å². The molecule has 2 aromatic carbocycles. The Hall–Kier alpha value is -0.960. The lowest BCUT2D eigenvalue weighted by atomic mass is 10.2. The second kappa shape index (κ2) is 5.20. The van der Waals surface area contributed by atoms with Crippen LogP contribution in [0.3, 0.4) is 0 Å². The zero-order valence-corrected chi connectivity index (χ0v) is 13.0. The molecule has 3 rings (SSSR count). The predicted molar refractivity (Wildman–Crippen MR) is 85.2 cm³/mol. The summed E-state index contributed by atoms with van der Waals surface area (Å²) in [6, 6.07) is 14.0. The van der Waals surface area contributed by atoms with Crippen LogP contribution in [0.1, 0.15) is 5.56 Å². The Morgan fingerprint density at radius 2 is 1.79 bits per heavy atom. The number of nitrogens with zero attached hydrogens (tertiary/aromatic N) is 1. The van der Waals surface area contributed by atoms with Crippen molar-refractivity contribution < 1.29 is 0 Å². The highest BCUT2D eigenvalue weighted by Crippen LogP contribution is 2.28. The lowest BCUT2D eigenvalue weighted by molar-refractivity contribution is 0.835. The van der Waals surface area contributed by atoms with Gasteiger partial charge in [0.05, 0.1) is 10.0 Å². The monoisotopic (exact) mass is 353 g/mol. The summed E-state index contributed by atoms with van der Waals surface area (Å²) in [6.45, 7) is 0.767. The molecule has 1 heterocycles. The zero-order chi connectivity index (χ0) is 13.4. The molecule has 0 saturated heterocycles. The highest BCUT2D eigenvalue weighted by molar-refractivity contribution is 9.10. The number of hydrogen-bond donors (Lipinski definition) is 0. The molecule has 0 saturated carbocycles. The third-order valence-corrected chi connectivity index (χ3v) is 4.45. The van der Waals surface area contributed by atoms with Crippen molar-refractivity contribution in [1.82, 2.24) is 4.57 Å². The maximum absolute atomic E-state index is 6.05. The van der Waals surface area contributed by atoms with Crippen molar-refractivity contribution in [3.05, 3.63) is 68.7 Å². The third kappa shape index (κ3) is 2.53. The van der Waals surface area contributed by atoms with Crippen molar-refractivity contribution in [2.45, 2.75) is 6.54 Å². The molecule has 0 aliphatic heterocycles. The first kappa shape index (κ1) is 13.0. The summed E-state index contributed by atoms with van der Waals surface area (Å²) < 4.78 is 3.29. The second-order valence-electron chi connectivity index (χ2n) is 4.37. The minimum absolute atomic E-state index is 0.587. The minimum Gasteiger partial charge on any atom is -0.342 e. The molecule has 0 fully saturated rings. The predicted octanol–water partition coefficient (Wildman–Crippen LogP) is 5.76. The van der Waals surface area contributed by atoms with Gasteiger partial charge in [-0.05, 0) is 39.7 Å². The van der Waals surface area contributed by atoms with Gasteiger partial charge in [-0.1, -0.05) is 47.5 Å². The summed E-state index contributed by atoms with van der Waals surface area (Å²) in [7, 11) is 0. The molecular formula is C15H10BrCl2N. The number of halogens is 3. The Balaban J connectivity index is 2.03. The summed E-state index contributed by atoms with van der Waals surface area (Å²) in [5.41, 5.74) is 2.32. The Kier molecular flexibility index (Phi) is 3.57. The minimum atomic E-state index is 0.587. The average Bonchev–Trinajstić information content (AvgIpc) is 2.72. The lowest BCUT2D eigenvalue weighted by Crippen LogP contribution is -1.97. The Bertz CT molecular complexity index is 749. The van der Waals surface area contributed by atoms with Crippen LogP contribution in [0.4, 0.5) is 0 Å². The summed E-state index contributed by atoms with van der Waals surface area (Å²) in [5.74, 6) is 0. The van der Waals surface area contributed by atoms with Gasteiger partial charge in [-0.25, -0.2) is 0 Å². The molecule has 0 spiro atoms. The van der Waals surface area contributed by atoms with Crippen molar-refractivity contribution in [1.29, 1.82) is 0 Å². The summed E-state index contributed by atoms with van der Waals surface area (Å²) in [5, 5.41) is 2.39. The van der Waals surface area contributed by atoms with E-state index in [2.05, 4.69) is 38.8 Å². The molecule has 4 heteroatoms. The van der Waals surface area contributed by atoms with Gasteiger partial charge < -0.3 is 4.57 Å². The van der Waals surface area contributed by atoms with Crippen molar-refractivity contribution in [3.8, 4) is 0 Å². The molecule has 19 heavy (non-hydrogen) atoms. The number of para-hydroxylation sites is 1. The van der Waals surface area contributed by atoms with E-state index in [9.17, 15) is 0 Å². The topological polar surface area (TPSA) is 4.93 Å². The van der Waals surface area contributed by atoms with Crippen LogP contribution in [-0.2, 0) is 6.54 Å². The van der Waals surface area contributed by atoms with Crippen LogP contribution in [-0.4, -0.2) is 4.57 Å². The molecule has 0 aliphatic rings. The van der Waals surface area contributed by atoms with E-state index in [1.54, 1.807) is 0 Å². The molecule has 0 amide bonds. The van der Waals surface area contributed by atoms with E-state index in [0.29, 0.717) is 10.0 Å². The van der Waals surface area contributed by atoms with Gasteiger partial charge in [0.25, 0.3) is 0 Å². The molecule has 0 unspecified atom stereocenters. The van der Waals surface area contributed by atoms with E-state index in [1.807, 2.05) is 30.3 Å². The molecule has 1 nitrogen and oxygen atoms in total. The van der Waals surface area contributed by atoms with Crippen LogP contribution in [0.15, 0.2) is 53.1 Å². The molecule has 1 aromatic heterocycles. The standard InChI is InChI=1S/C15H10BrCl2N/c16-12-9-19(15-4-2-1-3-11(12)15)8-10-5-6-13(17)14(18)7-10/h1-7,9H,8H2. The van der Waals surface area contributed by atoms with Gasteiger partial charge in [0.1, 0.15) is 0 Å². The number of fused-ring (bicyclic) bond motifs is 1. The highest BCUT2D eigenvalue weighted by Gasteiger charge is 2.07. The maximum Gasteiger partial charge on any atom is 0.0595 e. The molecule has 0 atom stereocenters. The summed E-state index contributed by atoms with van der Waals surface area (Å²) >= 11 is 15.6. The van der Waals surface area contributed by atoms with E-state index < -0.39 is 0 Å². The average molecular weight is 355 g/mol. The van der Waals surface area contributed by atoms with Gasteiger partial charge in [0.2, 0.25) is 0 Å². The molecule has 0 radical (unpaired) electrons. The third-order valence-electron chi connectivity index (χ3n) is 3.08.